The van der Waals surface area contributed by atoms with Crippen LogP contribution in [0.15, 0.2) is 11.1 Å². The summed E-state index contributed by atoms with van der Waals surface area (Å²) in [5, 5.41) is 0. The number of carbonyl (C=O) groups excluding carboxylic acids is 2. The van der Waals surface area contributed by atoms with Crippen molar-refractivity contribution in [3.05, 3.63) is 11.1 Å². The van der Waals surface area contributed by atoms with Gasteiger partial charge in [0.1, 0.15) is 0 Å². The minimum Gasteiger partial charge on any atom is -0.462 e. The Balaban J connectivity index is 5.41. The average Bonchev–Trinajstić information content (AvgIpc) is 2.59. The second kappa shape index (κ2) is 14.8. The van der Waals surface area contributed by atoms with Crippen LogP contribution in [0.25, 0.3) is 0 Å². The predicted molar refractivity (Wildman–Crippen MR) is 107 cm³/mol. The Morgan fingerprint density at radius 3 is 1.46 bits per heavy atom. The van der Waals surface area contributed by atoms with Crippen LogP contribution in [0.5, 0.6) is 0 Å². The Bertz CT molecular complexity index is 435. The van der Waals surface area contributed by atoms with Gasteiger partial charge in [-0.25, -0.2) is 9.59 Å². The molecule has 152 valence electrons. The molecule has 0 aliphatic rings. The number of hydrogen-bond acceptors (Lipinski definition) is 4. The van der Waals surface area contributed by atoms with E-state index in [1.165, 1.54) is 0 Å². The fourth-order valence-electron chi connectivity index (χ4n) is 2.49. The van der Waals surface area contributed by atoms with Crippen LogP contribution in [0.1, 0.15) is 92.9 Å². The Kier molecular flexibility index (Phi) is 14.1. The molecule has 0 aromatic rings. The fourth-order valence-corrected chi connectivity index (χ4v) is 2.49. The van der Waals surface area contributed by atoms with Crippen molar-refractivity contribution in [3.8, 4) is 0 Å². The van der Waals surface area contributed by atoms with Gasteiger partial charge < -0.3 is 9.47 Å². The summed E-state index contributed by atoms with van der Waals surface area (Å²) >= 11 is 0. The smallest absolute Gasteiger partial charge is 0.334 e. The van der Waals surface area contributed by atoms with Gasteiger partial charge in [-0.2, -0.15) is 0 Å². The Hall–Kier alpha value is -1.32. The van der Waals surface area contributed by atoms with Gasteiger partial charge in [0.15, 0.2) is 0 Å². The van der Waals surface area contributed by atoms with Crippen LogP contribution in [-0.2, 0) is 19.1 Å². The highest BCUT2D eigenvalue weighted by molar-refractivity contribution is 6.00. The number of rotatable bonds is 14. The second-order valence-electron chi connectivity index (χ2n) is 7.86. The van der Waals surface area contributed by atoms with Crippen molar-refractivity contribution < 1.29 is 19.1 Å². The third-order valence-electron chi connectivity index (χ3n) is 4.01. The number of ether oxygens (including phenoxy) is 2. The topological polar surface area (TPSA) is 52.6 Å². The minimum absolute atomic E-state index is 0.271. The monoisotopic (exact) mass is 368 g/mol. The summed E-state index contributed by atoms with van der Waals surface area (Å²) in [5.74, 6) is -0.151. The van der Waals surface area contributed by atoms with Crippen LogP contribution in [0.4, 0.5) is 0 Å². The first-order chi connectivity index (χ1) is 12.3. The third kappa shape index (κ3) is 11.3. The third-order valence-corrected chi connectivity index (χ3v) is 4.01. The molecule has 0 aliphatic carbocycles. The molecule has 0 rings (SSSR count). The SMILES string of the molecule is CCCCCCC(C(=O)OCC(C)C)=C(CCCC)C(=O)OCC(C)C. The molecule has 0 saturated carbocycles. The number of unbranched alkanes of at least 4 members (excludes halogenated alkanes) is 4. The molecule has 0 unspecified atom stereocenters. The summed E-state index contributed by atoms with van der Waals surface area (Å²) in [6.07, 6.45) is 7.21. The zero-order valence-corrected chi connectivity index (χ0v) is 17.9. The van der Waals surface area contributed by atoms with Crippen molar-refractivity contribution in [2.75, 3.05) is 13.2 Å². The molecule has 0 saturated heterocycles. The molecule has 0 heterocycles. The number of hydrogen-bond donors (Lipinski definition) is 0. The van der Waals surface area contributed by atoms with Gasteiger partial charge in [-0.15, -0.1) is 0 Å². The molecule has 0 N–H and O–H groups in total. The minimum atomic E-state index is -0.348. The van der Waals surface area contributed by atoms with Crippen molar-refractivity contribution in [3.63, 3.8) is 0 Å². The summed E-state index contributed by atoms with van der Waals surface area (Å²) < 4.78 is 10.9. The maximum Gasteiger partial charge on any atom is 0.334 e. The summed E-state index contributed by atoms with van der Waals surface area (Å²) in [5.41, 5.74) is 1.06. The van der Waals surface area contributed by atoms with E-state index in [9.17, 15) is 9.59 Å². The fraction of sp³-hybridized carbons (Fsp3) is 0.818. The Morgan fingerprint density at radius 1 is 0.654 bits per heavy atom. The van der Waals surface area contributed by atoms with E-state index in [1.54, 1.807) is 0 Å². The zero-order valence-electron chi connectivity index (χ0n) is 17.9. The predicted octanol–water partition coefficient (Wildman–Crippen LogP) is 5.84. The molecule has 0 fully saturated rings. The molecule has 0 aromatic heterocycles. The summed E-state index contributed by atoms with van der Waals surface area (Å²) in [4.78, 5) is 25.3. The molecule has 26 heavy (non-hydrogen) atoms. The van der Waals surface area contributed by atoms with Crippen molar-refractivity contribution in [1.29, 1.82) is 0 Å². The lowest BCUT2D eigenvalue weighted by atomic mass is 9.97. The first-order valence-electron chi connectivity index (χ1n) is 10.4. The van der Waals surface area contributed by atoms with Gasteiger partial charge in [-0.1, -0.05) is 67.2 Å². The summed E-state index contributed by atoms with van der Waals surface area (Å²) in [6.45, 7) is 13.0. The van der Waals surface area contributed by atoms with Crippen molar-refractivity contribution in [2.24, 2.45) is 11.8 Å². The van der Waals surface area contributed by atoms with Crippen LogP contribution < -0.4 is 0 Å². The first kappa shape index (κ1) is 24.7. The van der Waals surface area contributed by atoms with E-state index in [0.29, 0.717) is 37.2 Å². The van der Waals surface area contributed by atoms with E-state index in [0.717, 1.165) is 38.5 Å². The molecule has 0 amide bonds. The molecular weight excluding hydrogens is 328 g/mol. The summed E-state index contributed by atoms with van der Waals surface area (Å²) in [7, 11) is 0. The highest BCUT2D eigenvalue weighted by atomic mass is 16.5. The second-order valence-corrected chi connectivity index (χ2v) is 7.86. The van der Waals surface area contributed by atoms with Crippen LogP contribution in [0.3, 0.4) is 0 Å². The van der Waals surface area contributed by atoms with Gasteiger partial charge in [0, 0.05) is 11.1 Å². The van der Waals surface area contributed by atoms with E-state index in [4.69, 9.17) is 9.47 Å². The van der Waals surface area contributed by atoms with Gasteiger partial charge in [0.25, 0.3) is 0 Å². The molecule has 0 spiro atoms. The molecule has 0 radical (unpaired) electrons. The van der Waals surface area contributed by atoms with Crippen molar-refractivity contribution in [1.82, 2.24) is 0 Å². The quantitative estimate of drug-likeness (QED) is 0.219. The Labute approximate surface area is 160 Å². The highest BCUT2D eigenvalue weighted by Crippen LogP contribution is 2.22. The van der Waals surface area contributed by atoms with Crippen molar-refractivity contribution in [2.45, 2.75) is 92.9 Å². The van der Waals surface area contributed by atoms with Gasteiger partial charge in [-0.05, 0) is 37.5 Å². The highest BCUT2D eigenvalue weighted by Gasteiger charge is 2.23. The molecular formula is C22H40O4. The van der Waals surface area contributed by atoms with Crippen LogP contribution in [0.2, 0.25) is 0 Å². The van der Waals surface area contributed by atoms with E-state index < -0.39 is 0 Å². The summed E-state index contributed by atoms with van der Waals surface area (Å²) in [6, 6.07) is 0. The average molecular weight is 369 g/mol. The molecule has 4 nitrogen and oxygen atoms in total. The molecule has 0 aliphatic heterocycles. The van der Waals surface area contributed by atoms with Crippen LogP contribution in [0, 0.1) is 11.8 Å². The van der Waals surface area contributed by atoms with E-state index in [2.05, 4.69) is 13.8 Å². The maximum absolute atomic E-state index is 12.7. The zero-order chi connectivity index (χ0) is 19.9. The van der Waals surface area contributed by atoms with E-state index in [-0.39, 0.29) is 23.8 Å². The molecule has 4 heteroatoms. The van der Waals surface area contributed by atoms with Crippen LogP contribution in [-0.4, -0.2) is 25.2 Å². The van der Waals surface area contributed by atoms with Gasteiger partial charge in [0.05, 0.1) is 13.2 Å². The van der Waals surface area contributed by atoms with Gasteiger partial charge in [0.2, 0.25) is 0 Å². The van der Waals surface area contributed by atoms with E-state index >= 15 is 0 Å². The number of carbonyl (C=O) groups is 2. The first-order valence-corrected chi connectivity index (χ1v) is 10.4. The lowest BCUT2D eigenvalue weighted by molar-refractivity contribution is -0.143. The lowest BCUT2D eigenvalue weighted by Crippen LogP contribution is -2.20. The van der Waals surface area contributed by atoms with Gasteiger partial charge >= 0.3 is 11.9 Å². The van der Waals surface area contributed by atoms with Gasteiger partial charge in [-0.3, -0.25) is 0 Å². The molecule has 0 bridgehead atoms. The maximum atomic E-state index is 12.7. The standard InChI is InChI=1S/C22H40O4/c1-7-9-11-12-14-20(22(24)26-16-18(5)6)19(13-10-8-2)21(23)25-15-17(3)4/h17-18H,7-16H2,1-6H3. The van der Waals surface area contributed by atoms with Crippen molar-refractivity contribution >= 4 is 11.9 Å². The number of esters is 2. The largest absolute Gasteiger partial charge is 0.462 e. The van der Waals surface area contributed by atoms with Crippen LogP contribution >= 0.6 is 0 Å². The molecule has 0 aromatic carbocycles. The molecule has 0 atom stereocenters. The lowest BCUT2D eigenvalue weighted by Gasteiger charge is -2.16. The Morgan fingerprint density at radius 2 is 1.08 bits per heavy atom. The normalized spacial score (nSPS) is 12.3. The van der Waals surface area contributed by atoms with E-state index in [1.807, 2.05) is 27.7 Å².